The molecule has 0 heterocycles. The maximum absolute atomic E-state index is 4.61. The summed E-state index contributed by atoms with van der Waals surface area (Å²) in [4.78, 5) is 0. The normalized spacial score (nSPS) is 11.1. The van der Waals surface area contributed by atoms with Gasteiger partial charge in [-0.3, -0.25) is 0 Å². The second-order valence-corrected chi connectivity index (χ2v) is 13.9. The average molecular weight is 657 g/mol. The molecule has 0 aromatic heterocycles. The van der Waals surface area contributed by atoms with Gasteiger partial charge in [-0.05, 0) is 41.5 Å². The quantitative estimate of drug-likeness (QED) is 0.252. The summed E-state index contributed by atoms with van der Waals surface area (Å²) in [6.45, 7) is 31.7. The van der Waals surface area contributed by atoms with E-state index >= 15 is 0 Å². The first-order valence-electron chi connectivity index (χ1n) is 14.2. The molecule has 0 saturated carbocycles. The topological polar surface area (TPSA) is 42.3 Å². The molecule has 0 bridgehead atoms. The summed E-state index contributed by atoms with van der Waals surface area (Å²) in [5, 5.41) is 13.8. The summed E-state index contributed by atoms with van der Waals surface area (Å²) in [7, 11) is 0. The van der Waals surface area contributed by atoms with E-state index in [4.69, 9.17) is 0 Å². The van der Waals surface area contributed by atoms with Crippen molar-refractivity contribution in [1.29, 1.82) is 0 Å². The van der Waals surface area contributed by atoms with Crippen LogP contribution in [0.3, 0.4) is 0 Å². The Hall–Kier alpha value is -1.75. The molecule has 0 amide bonds. The van der Waals surface area contributed by atoms with Crippen molar-refractivity contribution in [2.45, 2.75) is 120 Å². The van der Waals surface area contributed by atoms with E-state index in [2.05, 4.69) is 188 Å². The molecule has 3 rings (SSSR count). The van der Waals surface area contributed by atoms with E-state index in [9.17, 15) is 0 Å². The van der Waals surface area contributed by atoms with E-state index in [1.54, 1.807) is 0 Å². The maximum atomic E-state index is 4.61. The molecule has 3 nitrogen and oxygen atoms in total. The van der Waals surface area contributed by atoms with Gasteiger partial charge in [-0.25, -0.2) is 0 Å². The van der Waals surface area contributed by atoms with Crippen molar-refractivity contribution in [2.75, 3.05) is 0 Å². The van der Waals surface area contributed by atoms with Crippen molar-refractivity contribution in [3.8, 4) is 0 Å². The fourth-order valence-electron chi connectivity index (χ4n) is 4.21. The number of halogens is 1. The zero-order chi connectivity index (χ0) is 32.2. The third-order valence-electron chi connectivity index (χ3n) is 5.01. The van der Waals surface area contributed by atoms with Crippen molar-refractivity contribution >= 4 is 30.2 Å². The molecule has 0 atom stereocenters. The van der Waals surface area contributed by atoms with E-state index in [1.165, 1.54) is 33.4 Å². The van der Waals surface area contributed by atoms with Crippen LogP contribution >= 0.6 is 13.2 Å². The van der Waals surface area contributed by atoms with E-state index in [0.717, 1.165) is 17.1 Å². The zero-order valence-electron chi connectivity index (χ0n) is 28.4. The van der Waals surface area contributed by atoms with Crippen LogP contribution in [0.4, 0.5) is 17.1 Å². The second kappa shape index (κ2) is 17.4. The molecule has 0 fully saturated rings. The SMILES string of the molecule is Cc1cc(C)cc([N-]C(C)(C)C)c1.Cc1cc(C)cc([N-]C(C)(C)C)c1.Cc1cc(C)cc([N-]C(C)(C)C)c1.[Ti+3][Br]. The van der Waals surface area contributed by atoms with Crippen molar-refractivity contribution in [2.24, 2.45) is 0 Å². The summed E-state index contributed by atoms with van der Waals surface area (Å²) in [6.07, 6.45) is 0. The molecule has 0 N–H and O–H groups in total. The Labute approximate surface area is 271 Å². The Morgan fingerprint density at radius 2 is 0.512 bits per heavy atom. The minimum absolute atomic E-state index is 0.0141. The van der Waals surface area contributed by atoms with Gasteiger partial charge in [0, 0.05) is 0 Å². The van der Waals surface area contributed by atoms with Gasteiger partial charge < -0.3 is 16.0 Å². The van der Waals surface area contributed by atoms with Crippen molar-refractivity contribution in [3.63, 3.8) is 0 Å². The van der Waals surface area contributed by atoms with E-state index in [0.29, 0.717) is 0 Å². The molecule has 41 heavy (non-hydrogen) atoms. The monoisotopic (exact) mass is 655 g/mol. The Morgan fingerprint density at radius 1 is 0.366 bits per heavy atom. The summed E-state index contributed by atoms with van der Waals surface area (Å²) in [6, 6.07) is 19.2. The third-order valence-corrected chi connectivity index (χ3v) is 5.01. The Morgan fingerprint density at radius 3 is 0.634 bits per heavy atom. The molecule has 0 spiro atoms. The van der Waals surface area contributed by atoms with Crippen LogP contribution in [-0.2, 0) is 18.3 Å². The zero-order valence-corrected chi connectivity index (χ0v) is 31.6. The van der Waals surface area contributed by atoms with Gasteiger partial charge in [0.15, 0.2) is 0 Å². The number of hydrogen-bond acceptors (Lipinski definition) is 0. The molecule has 224 valence electrons. The number of rotatable bonds is 3. The first-order chi connectivity index (χ1) is 18.6. The molecule has 0 radical (unpaired) electrons. The van der Waals surface area contributed by atoms with Crippen LogP contribution in [0.1, 0.15) is 95.7 Å². The van der Waals surface area contributed by atoms with Gasteiger partial charge in [-0.15, -0.1) is 33.7 Å². The van der Waals surface area contributed by atoms with Crippen molar-refractivity contribution < 1.29 is 18.3 Å². The predicted octanol–water partition coefficient (Wildman–Crippen LogP) is 13.2. The third kappa shape index (κ3) is 20.7. The number of aryl methyl sites for hydroxylation is 6. The molecular formula is C36H54BrN3Ti. The van der Waals surface area contributed by atoms with Crippen LogP contribution < -0.4 is 0 Å². The van der Waals surface area contributed by atoms with Gasteiger partial charge in [0.05, 0.1) is 0 Å². The van der Waals surface area contributed by atoms with Gasteiger partial charge in [0.1, 0.15) is 0 Å². The van der Waals surface area contributed by atoms with Crippen LogP contribution in [0, 0.1) is 41.5 Å². The van der Waals surface area contributed by atoms with Crippen LogP contribution in [0.25, 0.3) is 16.0 Å². The first kappa shape index (κ1) is 39.3. The number of hydrogen-bond donors (Lipinski definition) is 0. The summed E-state index contributed by atoms with van der Waals surface area (Å²) in [5.41, 5.74) is 11.0. The molecular weight excluding hydrogens is 602 g/mol. The van der Waals surface area contributed by atoms with E-state index in [-0.39, 0.29) is 16.6 Å². The van der Waals surface area contributed by atoms with Gasteiger partial charge in [0.25, 0.3) is 0 Å². The summed E-state index contributed by atoms with van der Waals surface area (Å²) in [5.74, 6) is 0. The predicted molar refractivity (Wildman–Crippen MR) is 185 cm³/mol. The van der Waals surface area contributed by atoms with Crippen molar-refractivity contribution in [1.82, 2.24) is 0 Å². The summed E-state index contributed by atoms with van der Waals surface area (Å²) < 4.78 is 0. The minimum atomic E-state index is 0.0141. The van der Waals surface area contributed by atoms with Crippen molar-refractivity contribution in [3.05, 3.63) is 104 Å². The molecule has 3 aromatic rings. The molecule has 0 aliphatic carbocycles. The number of nitrogens with zero attached hydrogens (tertiary/aromatic N) is 3. The van der Waals surface area contributed by atoms with Gasteiger partial charge in [0.2, 0.25) is 0 Å². The Kier molecular flexibility index (Phi) is 16.6. The van der Waals surface area contributed by atoms with Crippen LogP contribution in [0.2, 0.25) is 0 Å². The molecule has 0 saturated heterocycles. The average Bonchev–Trinajstić information content (AvgIpc) is 2.70. The fourth-order valence-corrected chi connectivity index (χ4v) is 4.21. The standard InChI is InChI=1S/3C12H18N.BrH.Ti/c3*1-9-6-10(2)8-11(7-9)13-12(3,4)5;;/h3*6-8H,1-5H3;1H;/q3*-1;;+4/p-1. The van der Waals surface area contributed by atoms with Gasteiger partial charge in [-0.2, -0.15) is 0 Å². The summed E-state index contributed by atoms with van der Waals surface area (Å²) >= 11 is 4.75. The van der Waals surface area contributed by atoms with E-state index < -0.39 is 0 Å². The number of benzene rings is 3. The molecule has 0 aliphatic rings. The van der Waals surface area contributed by atoms with Gasteiger partial charge in [-0.1, -0.05) is 150 Å². The second-order valence-electron chi connectivity index (χ2n) is 13.9. The fraction of sp³-hybridized carbons (Fsp3) is 0.500. The molecule has 5 heteroatoms. The van der Waals surface area contributed by atoms with E-state index in [1.807, 2.05) is 18.3 Å². The van der Waals surface area contributed by atoms with Crippen LogP contribution in [-0.4, -0.2) is 16.6 Å². The molecule has 0 aliphatic heterocycles. The van der Waals surface area contributed by atoms with Gasteiger partial charge >= 0.3 is 31.5 Å². The van der Waals surface area contributed by atoms with Crippen LogP contribution in [0.15, 0.2) is 54.6 Å². The Balaban J connectivity index is 0.000000567. The van der Waals surface area contributed by atoms with Crippen LogP contribution in [0.5, 0.6) is 0 Å². The molecule has 0 unspecified atom stereocenters. The first-order valence-corrected chi connectivity index (χ1v) is 18.1. The Bertz CT molecular complexity index is 987. The molecule has 3 aromatic carbocycles.